The summed E-state index contributed by atoms with van der Waals surface area (Å²) in [4.78, 5) is 11.9. The lowest BCUT2D eigenvalue weighted by molar-refractivity contribution is 0.0601. The molecule has 2 aromatic rings. The van der Waals surface area contributed by atoms with E-state index in [1.165, 1.54) is 29.6 Å². The summed E-state index contributed by atoms with van der Waals surface area (Å²) in [5, 5.41) is -0.0936. The van der Waals surface area contributed by atoms with Gasteiger partial charge >= 0.3 is 5.97 Å². The van der Waals surface area contributed by atoms with Gasteiger partial charge < -0.3 is 15.2 Å². The molecule has 9 heteroatoms. The fourth-order valence-electron chi connectivity index (χ4n) is 3.31. The topological polar surface area (TPSA) is 98.9 Å². The summed E-state index contributed by atoms with van der Waals surface area (Å²) in [5.41, 5.74) is 6.99. The number of ether oxygens (including phenoxy) is 2. The van der Waals surface area contributed by atoms with Gasteiger partial charge in [0.05, 0.1) is 30.8 Å². The molecule has 1 fully saturated rings. The zero-order valence-corrected chi connectivity index (χ0v) is 17.7. The number of esters is 1. The Morgan fingerprint density at radius 2 is 1.97 bits per heavy atom. The molecule has 2 atom stereocenters. The van der Waals surface area contributed by atoms with Crippen molar-refractivity contribution >= 4 is 34.3 Å². The van der Waals surface area contributed by atoms with Gasteiger partial charge in [-0.3, -0.25) is 0 Å². The third kappa shape index (κ3) is 4.92. The van der Waals surface area contributed by atoms with Crippen molar-refractivity contribution in [3.8, 4) is 0 Å². The van der Waals surface area contributed by atoms with Crippen LogP contribution in [0.1, 0.15) is 22.3 Å². The number of carbonyl (C=O) groups is 1. The molecule has 7 nitrogen and oxygen atoms in total. The lowest BCUT2D eigenvalue weighted by atomic mass is 10.2. The second-order valence-electron chi connectivity index (χ2n) is 6.86. The number of thiol groups is 1. The van der Waals surface area contributed by atoms with Crippen LogP contribution in [0, 0.1) is 0 Å². The standard InChI is InChI=1S/C20H24N2O5S2/c1-26-20(23)18-10-17(7-8-19(18)21)29(24,25)22-11-16(28)9-15(22)13-27-12-14-5-3-2-4-6-14/h2-8,10,15-16,28H,9,11-13,21H2,1H3. The molecule has 0 aliphatic carbocycles. The van der Waals surface area contributed by atoms with E-state index in [2.05, 4.69) is 17.4 Å². The van der Waals surface area contributed by atoms with Gasteiger partial charge in [-0.2, -0.15) is 16.9 Å². The van der Waals surface area contributed by atoms with E-state index in [9.17, 15) is 13.2 Å². The number of rotatable bonds is 7. The van der Waals surface area contributed by atoms with Crippen molar-refractivity contribution in [3.63, 3.8) is 0 Å². The average Bonchev–Trinajstić information content (AvgIpc) is 3.09. The molecular weight excluding hydrogens is 412 g/mol. The van der Waals surface area contributed by atoms with Crippen LogP contribution in [0.3, 0.4) is 0 Å². The highest BCUT2D eigenvalue weighted by molar-refractivity contribution is 7.89. The number of carbonyl (C=O) groups excluding carboxylic acids is 1. The SMILES string of the molecule is COC(=O)c1cc(S(=O)(=O)N2CC(S)CC2COCc2ccccc2)ccc1N. The zero-order valence-electron chi connectivity index (χ0n) is 16.0. The maximum Gasteiger partial charge on any atom is 0.339 e. The molecule has 1 aliphatic rings. The Kier molecular flexibility index (Phi) is 6.84. The molecule has 2 N–H and O–H groups in total. The first-order valence-corrected chi connectivity index (χ1v) is 11.1. The zero-order chi connectivity index (χ0) is 21.0. The van der Waals surface area contributed by atoms with Crippen molar-refractivity contribution in [2.45, 2.75) is 29.2 Å². The van der Waals surface area contributed by atoms with Gasteiger partial charge in [0.25, 0.3) is 0 Å². The highest BCUT2D eigenvalue weighted by Crippen LogP contribution is 2.30. The number of anilines is 1. The van der Waals surface area contributed by atoms with Gasteiger partial charge in [-0.15, -0.1) is 0 Å². The van der Waals surface area contributed by atoms with Crippen molar-refractivity contribution in [2.24, 2.45) is 0 Å². The third-order valence-corrected chi connectivity index (χ3v) is 7.09. The Bertz CT molecular complexity index is 966. The van der Waals surface area contributed by atoms with Gasteiger partial charge in [-0.25, -0.2) is 13.2 Å². The fourth-order valence-corrected chi connectivity index (χ4v) is 5.54. The van der Waals surface area contributed by atoms with Crippen molar-refractivity contribution in [1.82, 2.24) is 4.31 Å². The fraction of sp³-hybridized carbons (Fsp3) is 0.350. The number of nitrogens with two attached hydrogens (primary N) is 1. The van der Waals surface area contributed by atoms with Crippen LogP contribution in [0.5, 0.6) is 0 Å². The van der Waals surface area contributed by atoms with E-state index in [0.29, 0.717) is 13.0 Å². The van der Waals surface area contributed by atoms with Gasteiger partial charge in [0, 0.05) is 23.5 Å². The summed E-state index contributed by atoms with van der Waals surface area (Å²) in [6.45, 7) is 0.920. The third-order valence-electron chi connectivity index (χ3n) is 4.80. The van der Waals surface area contributed by atoms with E-state index < -0.39 is 16.0 Å². The highest BCUT2D eigenvalue weighted by atomic mass is 32.2. The van der Waals surface area contributed by atoms with Crippen molar-refractivity contribution in [1.29, 1.82) is 0 Å². The summed E-state index contributed by atoms with van der Waals surface area (Å²) in [6, 6.07) is 13.4. The van der Waals surface area contributed by atoms with Gasteiger partial charge in [-0.05, 0) is 30.2 Å². The average molecular weight is 437 g/mol. The van der Waals surface area contributed by atoms with Gasteiger partial charge in [0.15, 0.2) is 0 Å². The van der Waals surface area contributed by atoms with E-state index in [4.69, 9.17) is 10.5 Å². The first kappa shape index (κ1) is 21.6. The summed E-state index contributed by atoms with van der Waals surface area (Å²) in [5.74, 6) is -0.684. The normalized spacial score (nSPS) is 19.9. The van der Waals surface area contributed by atoms with E-state index in [-0.39, 0.29) is 40.6 Å². The van der Waals surface area contributed by atoms with E-state index in [1.807, 2.05) is 30.3 Å². The van der Waals surface area contributed by atoms with Crippen molar-refractivity contribution < 1.29 is 22.7 Å². The summed E-state index contributed by atoms with van der Waals surface area (Å²) >= 11 is 4.48. The molecule has 1 heterocycles. The Balaban J connectivity index is 1.78. The highest BCUT2D eigenvalue weighted by Gasteiger charge is 2.39. The Hall–Kier alpha value is -2.07. The van der Waals surface area contributed by atoms with Crippen molar-refractivity contribution in [2.75, 3.05) is 26.0 Å². The number of benzene rings is 2. The van der Waals surface area contributed by atoms with Crippen LogP contribution >= 0.6 is 12.6 Å². The molecular formula is C20H24N2O5S2. The predicted molar refractivity (Wildman–Crippen MR) is 113 cm³/mol. The summed E-state index contributed by atoms with van der Waals surface area (Å²) in [7, 11) is -2.64. The summed E-state index contributed by atoms with van der Waals surface area (Å²) < 4.78 is 38.3. The molecule has 0 radical (unpaired) electrons. The maximum atomic E-state index is 13.2. The number of nitrogens with zero attached hydrogens (tertiary/aromatic N) is 1. The Labute approximate surface area is 176 Å². The molecule has 0 saturated carbocycles. The molecule has 1 saturated heterocycles. The molecule has 0 aromatic heterocycles. The maximum absolute atomic E-state index is 13.2. The number of hydrogen-bond acceptors (Lipinski definition) is 7. The summed E-state index contributed by atoms with van der Waals surface area (Å²) in [6.07, 6.45) is 0.579. The lowest BCUT2D eigenvalue weighted by Crippen LogP contribution is -2.38. The molecule has 2 unspecified atom stereocenters. The second-order valence-corrected chi connectivity index (χ2v) is 9.48. The van der Waals surface area contributed by atoms with Crippen LogP contribution in [0.2, 0.25) is 0 Å². The molecule has 2 aromatic carbocycles. The van der Waals surface area contributed by atoms with Crippen LogP contribution in [-0.4, -0.2) is 50.2 Å². The molecule has 29 heavy (non-hydrogen) atoms. The minimum Gasteiger partial charge on any atom is -0.465 e. The van der Waals surface area contributed by atoms with Gasteiger partial charge in [-0.1, -0.05) is 30.3 Å². The number of methoxy groups -OCH3 is 1. The molecule has 156 valence electrons. The van der Waals surface area contributed by atoms with E-state index in [0.717, 1.165) is 5.56 Å². The van der Waals surface area contributed by atoms with Crippen molar-refractivity contribution in [3.05, 3.63) is 59.7 Å². The lowest BCUT2D eigenvalue weighted by Gasteiger charge is -2.24. The van der Waals surface area contributed by atoms with Gasteiger partial charge in [0.2, 0.25) is 10.0 Å². The second kappa shape index (κ2) is 9.17. The number of sulfonamides is 1. The Morgan fingerprint density at radius 3 is 2.66 bits per heavy atom. The van der Waals surface area contributed by atoms with Crippen LogP contribution in [0.4, 0.5) is 5.69 Å². The quantitative estimate of drug-likeness (QED) is 0.393. The Morgan fingerprint density at radius 1 is 1.24 bits per heavy atom. The van der Waals surface area contributed by atoms with Crippen LogP contribution in [0.25, 0.3) is 0 Å². The molecule has 0 amide bonds. The minimum absolute atomic E-state index is 0.0115. The molecule has 3 rings (SSSR count). The van der Waals surface area contributed by atoms with Gasteiger partial charge in [0.1, 0.15) is 0 Å². The number of nitrogen functional groups attached to an aromatic ring is 1. The predicted octanol–water partition coefficient (Wildman–Crippen LogP) is 2.33. The first-order valence-electron chi connectivity index (χ1n) is 9.12. The number of hydrogen-bond donors (Lipinski definition) is 2. The molecule has 1 aliphatic heterocycles. The monoisotopic (exact) mass is 436 g/mol. The molecule has 0 bridgehead atoms. The van der Waals surface area contributed by atoms with Crippen LogP contribution in [-0.2, 0) is 26.1 Å². The minimum atomic E-state index is -3.86. The largest absolute Gasteiger partial charge is 0.465 e. The van der Waals surface area contributed by atoms with E-state index >= 15 is 0 Å². The molecule has 0 spiro atoms. The first-order chi connectivity index (χ1) is 13.8. The van der Waals surface area contributed by atoms with E-state index in [1.54, 1.807) is 0 Å². The smallest absolute Gasteiger partial charge is 0.339 e. The van der Waals surface area contributed by atoms with Crippen LogP contribution in [0.15, 0.2) is 53.4 Å². The van der Waals surface area contributed by atoms with Crippen LogP contribution < -0.4 is 5.73 Å².